The Kier molecular flexibility index (Phi) is 6.33. The first-order chi connectivity index (χ1) is 13.8. The Hall–Kier alpha value is -2.72. The smallest absolute Gasteiger partial charge is 0.245 e. The monoisotopic (exact) mass is 420 g/mol. The summed E-state index contributed by atoms with van der Waals surface area (Å²) in [5, 5.41) is 5.34. The van der Waals surface area contributed by atoms with Gasteiger partial charge in [0, 0.05) is 31.9 Å². The highest BCUT2D eigenvalue weighted by Gasteiger charge is 2.30. The van der Waals surface area contributed by atoms with Crippen molar-refractivity contribution >= 4 is 33.4 Å². The molecule has 9 nitrogen and oxygen atoms in total. The fourth-order valence-electron chi connectivity index (χ4n) is 3.47. The zero-order valence-electron chi connectivity index (χ0n) is 16.0. The van der Waals surface area contributed by atoms with Crippen molar-refractivity contribution in [1.29, 1.82) is 0 Å². The molecular weight excluding hydrogens is 396 g/mol. The van der Waals surface area contributed by atoms with Crippen LogP contribution in [0.25, 0.3) is 0 Å². The van der Waals surface area contributed by atoms with E-state index in [2.05, 4.69) is 17.2 Å². The van der Waals surface area contributed by atoms with Crippen LogP contribution < -0.4 is 10.6 Å². The van der Waals surface area contributed by atoms with Crippen molar-refractivity contribution < 1.29 is 22.8 Å². The second-order valence-corrected chi connectivity index (χ2v) is 8.97. The maximum Gasteiger partial charge on any atom is 0.245 e. The number of carbonyl (C=O) groups excluding carboxylic acids is 3. The van der Waals surface area contributed by atoms with Gasteiger partial charge in [-0.2, -0.15) is 4.31 Å². The molecule has 2 N–H and O–H groups in total. The van der Waals surface area contributed by atoms with Gasteiger partial charge in [0.1, 0.15) is 0 Å². The van der Waals surface area contributed by atoms with E-state index in [0.717, 1.165) is 4.31 Å². The molecule has 0 aromatic heterocycles. The van der Waals surface area contributed by atoms with Gasteiger partial charge in [0.25, 0.3) is 0 Å². The molecule has 2 aliphatic rings. The number of amides is 3. The first-order valence-electron chi connectivity index (χ1n) is 9.40. The van der Waals surface area contributed by atoms with Gasteiger partial charge in [-0.25, -0.2) is 8.42 Å². The average molecular weight is 420 g/mol. The molecule has 1 atom stereocenters. The second-order valence-electron chi connectivity index (χ2n) is 7.03. The van der Waals surface area contributed by atoms with Crippen LogP contribution in [-0.2, 0) is 24.4 Å². The number of piperidine rings is 1. The summed E-state index contributed by atoms with van der Waals surface area (Å²) in [5.74, 6) is -1.20. The fraction of sp³-hybridized carbons (Fsp3) is 0.421. The lowest BCUT2D eigenvalue weighted by Gasteiger charge is -2.31. The van der Waals surface area contributed by atoms with Crippen LogP contribution in [0.1, 0.15) is 12.8 Å². The molecule has 2 saturated heterocycles. The van der Waals surface area contributed by atoms with Gasteiger partial charge in [-0.3, -0.25) is 14.4 Å². The number of benzene rings is 1. The quantitative estimate of drug-likeness (QED) is 0.659. The lowest BCUT2D eigenvalue weighted by atomic mass is 9.97. The van der Waals surface area contributed by atoms with E-state index in [4.69, 9.17) is 0 Å². The van der Waals surface area contributed by atoms with Crippen molar-refractivity contribution in [3.63, 3.8) is 0 Å². The van der Waals surface area contributed by atoms with E-state index in [0.29, 0.717) is 31.6 Å². The number of anilines is 1. The molecular formula is C19H24N4O5S. The Balaban J connectivity index is 1.71. The van der Waals surface area contributed by atoms with Crippen LogP contribution in [0.4, 0.5) is 5.69 Å². The maximum absolute atomic E-state index is 12.8. The van der Waals surface area contributed by atoms with Crippen molar-refractivity contribution in [2.75, 3.05) is 38.0 Å². The Labute approximate surface area is 169 Å². The van der Waals surface area contributed by atoms with Crippen LogP contribution in [0.3, 0.4) is 0 Å². The number of likely N-dealkylation sites (tertiary alicyclic amines) is 1. The van der Waals surface area contributed by atoms with Gasteiger partial charge in [-0.15, -0.1) is 0 Å². The normalized spacial score (nSPS) is 20.6. The summed E-state index contributed by atoms with van der Waals surface area (Å²) >= 11 is 0. The van der Waals surface area contributed by atoms with Gasteiger partial charge >= 0.3 is 0 Å². The largest absolute Gasteiger partial charge is 0.354 e. The third kappa shape index (κ3) is 4.83. The average Bonchev–Trinajstić information content (AvgIpc) is 2.73. The molecule has 0 saturated carbocycles. The topological polar surface area (TPSA) is 116 Å². The predicted octanol–water partition coefficient (Wildman–Crippen LogP) is 0.170. The minimum atomic E-state index is -3.84. The molecule has 3 rings (SSSR count). The number of sulfonamides is 1. The molecule has 1 unspecified atom stereocenters. The van der Waals surface area contributed by atoms with Gasteiger partial charge in [-0.05, 0) is 37.1 Å². The second kappa shape index (κ2) is 8.75. The van der Waals surface area contributed by atoms with E-state index in [1.165, 1.54) is 18.2 Å². The molecule has 156 valence electrons. The zero-order valence-corrected chi connectivity index (χ0v) is 16.8. The molecule has 2 heterocycles. The summed E-state index contributed by atoms with van der Waals surface area (Å²) in [7, 11) is -3.84. The molecule has 1 aromatic carbocycles. The molecule has 0 bridgehead atoms. The summed E-state index contributed by atoms with van der Waals surface area (Å²) in [6.07, 6.45) is 2.59. The van der Waals surface area contributed by atoms with E-state index in [1.54, 1.807) is 17.0 Å². The van der Waals surface area contributed by atoms with Crippen LogP contribution in [-0.4, -0.2) is 68.1 Å². The Morgan fingerprint density at radius 3 is 2.79 bits per heavy atom. The SMILES string of the molecule is C=CC(=O)N1CCCC(C(=O)Nc2cccc(S(=O)(=O)N3CCNC(=O)C3)c2)C1. The van der Waals surface area contributed by atoms with E-state index in [-0.39, 0.29) is 48.2 Å². The highest BCUT2D eigenvalue weighted by Crippen LogP contribution is 2.22. The predicted molar refractivity (Wildman–Crippen MR) is 106 cm³/mol. The first-order valence-corrected chi connectivity index (χ1v) is 10.8. The van der Waals surface area contributed by atoms with E-state index >= 15 is 0 Å². The summed E-state index contributed by atoms with van der Waals surface area (Å²) in [6.45, 7) is 4.59. The summed E-state index contributed by atoms with van der Waals surface area (Å²) in [5.41, 5.74) is 0.352. The van der Waals surface area contributed by atoms with Gasteiger partial charge in [0.15, 0.2) is 0 Å². The van der Waals surface area contributed by atoms with Crippen LogP contribution in [0.15, 0.2) is 41.8 Å². The lowest BCUT2D eigenvalue weighted by Crippen LogP contribution is -2.49. The molecule has 0 radical (unpaired) electrons. The first kappa shape index (κ1) is 21.0. The maximum atomic E-state index is 12.8. The molecule has 2 fully saturated rings. The van der Waals surface area contributed by atoms with Crippen molar-refractivity contribution in [2.45, 2.75) is 17.7 Å². The van der Waals surface area contributed by atoms with Crippen LogP contribution in [0, 0.1) is 5.92 Å². The summed E-state index contributed by atoms with van der Waals surface area (Å²) < 4.78 is 26.7. The highest BCUT2D eigenvalue weighted by atomic mass is 32.2. The molecule has 0 aliphatic carbocycles. The molecule has 1 aromatic rings. The zero-order chi connectivity index (χ0) is 21.0. The minimum Gasteiger partial charge on any atom is -0.354 e. The van der Waals surface area contributed by atoms with Crippen molar-refractivity contribution in [1.82, 2.24) is 14.5 Å². The minimum absolute atomic E-state index is 0.0112. The van der Waals surface area contributed by atoms with Gasteiger partial charge in [-0.1, -0.05) is 12.6 Å². The number of hydrogen-bond acceptors (Lipinski definition) is 5. The number of nitrogens with one attached hydrogen (secondary N) is 2. The van der Waals surface area contributed by atoms with Crippen molar-refractivity contribution in [2.24, 2.45) is 5.92 Å². The Morgan fingerprint density at radius 2 is 2.07 bits per heavy atom. The molecule has 3 amide bonds. The van der Waals surface area contributed by atoms with Crippen molar-refractivity contribution in [3.05, 3.63) is 36.9 Å². The molecule has 29 heavy (non-hydrogen) atoms. The molecule has 0 spiro atoms. The highest BCUT2D eigenvalue weighted by molar-refractivity contribution is 7.89. The lowest BCUT2D eigenvalue weighted by molar-refractivity contribution is -0.130. The Bertz CT molecular complexity index is 930. The summed E-state index contributed by atoms with van der Waals surface area (Å²) in [4.78, 5) is 37.6. The number of nitrogens with zero attached hydrogens (tertiary/aromatic N) is 2. The van der Waals surface area contributed by atoms with Crippen LogP contribution in [0.5, 0.6) is 0 Å². The summed E-state index contributed by atoms with van der Waals surface area (Å²) in [6, 6.07) is 5.97. The van der Waals surface area contributed by atoms with Gasteiger partial charge < -0.3 is 15.5 Å². The van der Waals surface area contributed by atoms with E-state index in [9.17, 15) is 22.8 Å². The third-order valence-corrected chi connectivity index (χ3v) is 6.86. The van der Waals surface area contributed by atoms with Crippen LogP contribution in [0.2, 0.25) is 0 Å². The number of rotatable bonds is 5. The third-order valence-electron chi connectivity index (χ3n) is 5.02. The van der Waals surface area contributed by atoms with Gasteiger partial charge in [0.2, 0.25) is 27.7 Å². The van der Waals surface area contributed by atoms with Crippen molar-refractivity contribution in [3.8, 4) is 0 Å². The standard InChI is InChI=1S/C19H24N4O5S/c1-2-18(25)22-9-4-5-14(12-22)19(26)21-15-6-3-7-16(11-15)29(27,28)23-10-8-20-17(24)13-23/h2-3,6-7,11,14H,1,4-5,8-10,12-13H2,(H,20,24)(H,21,26). The number of piperazine rings is 1. The number of carbonyl (C=O) groups is 3. The van der Waals surface area contributed by atoms with Gasteiger partial charge in [0.05, 0.1) is 17.4 Å². The fourth-order valence-corrected chi connectivity index (χ4v) is 4.91. The molecule has 2 aliphatic heterocycles. The number of hydrogen-bond donors (Lipinski definition) is 2. The van der Waals surface area contributed by atoms with E-state index in [1.807, 2.05) is 0 Å². The molecule has 10 heteroatoms. The Morgan fingerprint density at radius 1 is 1.28 bits per heavy atom. The van der Waals surface area contributed by atoms with Crippen LogP contribution >= 0.6 is 0 Å². The van der Waals surface area contributed by atoms with E-state index < -0.39 is 10.0 Å².